The highest BCUT2D eigenvalue weighted by Crippen LogP contribution is 2.29. The van der Waals surface area contributed by atoms with E-state index in [4.69, 9.17) is 27.8 Å². The van der Waals surface area contributed by atoms with Crippen LogP contribution in [0.15, 0.2) is 6.20 Å². The molecule has 1 aliphatic heterocycles. The van der Waals surface area contributed by atoms with Gasteiger partial charge in [-0.05, 0) is 19.1 Å². The average Bonchev–Trinajstić information content (AvgIpc) is 2.61. The summed E-state index contributed by atoms with van der Waals surface area (Å²) in [5, 5.41) is 28.6. The van der Waals surface area contributed by atoms with Gasteiger partial charge in [0, 0.05) is 11.8 Å². The second-order valence-electron chi connectivity index (χ2n) is 4.23. The number of nitrogen functional groups attached to an aromatic ring is 1. The molecule has 0 bridgehead atoms. The van der Waals surface area contributed by atoms with E-state index in [1.165, 1.54) is 4.57 Å². The van der Waals surface area contributed by atoms with Crippen LogP contribution in [0.1, 0.15) is 11.8 Å². The maximum atomic E-state index is 9.88. The monoisotopic (exact) mass is 273 g/mol. The van der Waals surface area contributed by atoms with E-state index in [1.54, 1.807) is 13.1 Å². The molecule has 1 saturated heterocycles. The Morgan fingerprint density at radius 1 is 1.50 bits per heavy atom. The lowest BCUT2D eigenvalue weighted by Gasteiger charge is -2.19. The molecule has 1 aromatic rings. The molecular formula is C10H15N3O4S. The van der Waals surface area contributed by atoms with Gasteiger partial charge >= 0.3 is 0 Å². The first-order valence-corrected chi connectivity index (χ1v) is 5.84. The number of ether oxygens (including phenoxy) is 1. The van der Waals surface area contributed by atoms with Gasteiger partial charge in [0.05, 0.1) is 6.61 Å². The summed E-state index contributed by atoms with van der Waals surface area (Å²) in [6, 6.07) is 0. The average molecular weight is 273 g/mol. The van der Waals surface area contributed by atoms with Gasteiger partial charge in [-0.2, -0.15) is 0 Å². The molecule has 0 unspecified atom stereocenters. The molecule has 0 radical (unpaired) electrons. The Morgan fingerprint density at radius 3 is 2.72 bits per heavy atom. The summed E-state index contributed by atoms with van der Waals surface area (Å²) in [6.45, 7) is 1.36. The largest absolute Gasteiger partial charge is 0.394 e. The number of hydrogen-bond acceptors (Lipinski definition) is 7. The highest BCUT2D eigenvalue weighted by molar-refractivity contribution is 7.71. The third-order valence-electron chi connectivity index (χ3n) is 2.97. The van der Waals surface area contributed by atoms with Crippen LogP contribution in [0.2, 0.25) is 0 Å². The van der Waals surface area contributed by atoms with E-state index in [2.05, 4.69) is 4.98 Å². The lowest BCUT2D eigenvalue weighted by Crippen LogP contribution is -2.33. The number of rotatable bonds is 2. The maximum Gasteiger partial charge on any atom is 0.203 e. The molecule has 1 aliphatic rings. The zero-order valence-corrected chi connectivity index (χ0v) is 10.5. The van der Waals surface area contributed by atoms with Crippen molar-refractivity contribution < 1.29 is 20.1 Å². The van der Waals surface area contributed by atoms with Gasteiger partial charge < -0.3 is 25.8 Å². The number of nitrogens with zero attached hydrogens (tertiary/aromatic N) is 2. The van der Waals surface area contributed by atoms with Gasteiger partial charge in [-0.15, -0.1) is 0 Å². The summed E-state index contributed by atoms with van der Waals surface area (Å²) in [5.41, 5.74) is 6.30. The quantitative estimate of drug-likeness (QED) is 0.517. The molecule has 8 heteroatoms. The summed E-state index contributed by atoms with van der Waals surface area (Å²) in [7, 11) is 0. The Bertz CT molecular complexity index is 506. The van der Waals surface area contributed by atoms with Crippen molar-refractivity contribution in [2.75, 3.05) is 12.3 Å². The van der Waals surface area contributed by atoms with E-state index in [-0.39, 0.29) is 11.4 Å². The molecule has 2 rings (SSSR count). The molecule has 0 amide bonds. The molecule has 18 heavy (non-hydrogen) atoms. The minimum Gasteiger partial charge on any atom is -0.394 e. The molecule has 100 valence electrons. The highest BCUT2D eigenvalue weighted by Gasteiger charge is 2.43. The molecule has 1 fully saturated rings. The second-order valence-corrected chi connectivity index (χ2v) is 4.59. The molecule has 2 heterocycles. The standard InChI is InChI=1S/C10H15N3O4S/c1-4-2-13(10(18)12-8(4)11)9-7(16)6(15)5(3-14)17-9/h2,5-7,9,14-16H,3H2,1H3,(H2,11,12,18)/t5-,6-,7-,9-/m1/s1. The predicted octanol–water partition coefficient (Wildman–Crippen LogP) is -0.885. The Balaban J connectivity index is 2.39. The van der Waals surface area contributed by atoms with Gasteiger partial charge in [-0.3, -0.25) is 4.57 Å². The summed E-state index contributed by atoms with van der Waals surface area (Å²) >= 11 is 5.04. The first kappa shape index (κ1) is 13.4. The Morgan fingerprint density at radius 2 is 2.17 bits per heavy atom. The second kappa shape index (κ2) is 4.90. The van der Waals surface area contributed by atoms with Gasteiger partial charge in [0.2, 0.25) is 4.77 Å². The van der Waals surface area contributed by atoms with Crippen molar-refractivity contribution in [1.29, 1.82) is 0 Å². The molecule has 0 spiro atoms. The first-order valence-electron chi connectivity index (χ1n) is 5.43. The number of aliphatic hydroxyl groups excluding tert-OH is 3. The number of hydrogen-bond donors (Lipinski definition) is 4. The Kier molecular flexibility index (Phi) is 3.64. The van der Waals surface area contributed by atoms with Gasteiger partial charge in [0.1, 0.15) is 24.1 Å². The third-order valence-corrected chi connectivity index (χ3v) is 3.27. The van der Waals surface area contributed by atoms with Crippen LogP contribution >= 0.6 is 12.2 Å². The molecule has 7 nitrogen and oxygen atoms in total. The van der Waals surface area contributed by atoms with Crippen molar-refractivity contribution in [2.24, 2.45) is 0 Å². The van der Waals surface area contributed by atoms with Crippen molar-refractivity contribution in [3.8, 4) is 0 Å². The third kappa shape index (κ3) is 2.13. The van der Waals surface area contributed by atoms with Crippen molar-refractivity contribution in [3.63, 3.8) is 0 Å². The topological polar surface area (TPSA) is 114 Å². The van der Waals surface area contributed by atoms with E-state index in [9.17, 15) is 10.2 Å². The SMILES string of the molecule is Cc1cn([C@@H]2O[C@H](CO)[C@@H](O)[C@H]2O)c(=S)nc1N. The normalized spacial score (nSPS) is 31.8. The zero-order valence-electron chi connectivity index (χ0n) is 9.72. The van der Waals surface area contributed by atoms with E-state index < -0.39 is 24.5 Å². The number of aliphatic hydroxyl groups is 3. The molecular weight excluding hydrogens is 258 g/mol. The summed E-state index contributed by atoms with van der Waals surface area (Å²) in [5.74, 6) is 0.308. The summed E-state index contributed by atoms with van der Waals surface area (Å²) < 4.78 is 6.93. The maximum absolute atomic E-state index is 9.88. The van der Waals surface area contributed by atoms with Crippen LogP contribution in [-0.4, -0.2) is 49.8 Å². The highest BCUT2D eigenvalue weighted by atomic mass is 32.1. The number of aromatic nitrogens is 2. The van der Waals surface area contributed by atoms with Gasteiger partial charge in [0.25, 0.3) is 0 Å². The van der Waals surface area contributed by atoms with Crippen LogP contribution < -0.4 is 5.73 Å². The Hall–Kier alpha value is -1.06. The fraction of sp³-hybridized carbons (Fsp3) is 0.600. The molecule has 0 aliphatic carbocycles. The smallest absolute Gasteiger partial charge is 0.203 e. The van der Waals surface area contributed by atoms with Gasteiger partial charge in [-0.1, -0.05) is 0 Å². The number of aryl methyl sites for hydroxylation is 1. The fourth-order valence-corrected chi connectivity index (χ4v) is 2.13. The van der Waals surface area contributed by atoms with Gasteiger partial charge in [-0.25, -0.2) is 4.98 Å². The zero-order chi connectivity index (χ0) is 13.4. The lowest BCUT2D eigenvalue weighted by molar-refractivity contribution is -0.0541. The first-order chi connectivity index (χ1) is 8.45. The predicted molar refractivity (Wildman–Crippen MR) is 65.2 cm³/mol. The van der Waals surface area contributed by atoms with E-state index in [1.807, 2.05) is 0 Å². The van der Waals surface area contributed by atoms with E-state index >= 15 is 0 Å². The van der Waals surface area contributed by atoms with Gasteiger partial charge in [0.15, 0.2) is 6.23 Å². The van der Waals surface area contributed by atoms with Crippen molar-refractivity contribution >= 4 is 18.0 Å². The van der Waals surface area contributed by atoms with Crippen LogP contribution in [0.4, 0.5) is 5.82 Å². The van der Waals surface area contributed by atoms with Crippen molar-refractivity contribution in [1.82, 2.24) is 9.55 Å². The van der Waals surface area contributed by atoms with Crippen LogP contribution in [-0.2, 0) is 4.74 Å². The van der Waals surface area contributed by atoms with Crippen molar-refractivity contribution in [2.45, 2.75) is 31.5 Å². The Labute approximate surface area is 108 Å². The van der Waals surface area contributed by atoms with E-state index in [0.29, 0.717) is 11.4 Å². The molecule has 4 atom stereocenters. The fourth-order valence-electron chi connectivity index (χ4n) is 1.87. The molecule has 1 aromatic heterocycles. The van der Waals surface area contributed by atoms with Crippen LogP contribution in [0.5, 0.6) is 0 Å². The minimum absolute atomic E-state index is 0.146. The summed E-state index contributed by atoms with van der Waals surface area (Å²) in [4.78, 5) is 3.95. The number of anilines is 1. The molecule has 5 N–H and O–H groups in total. The van der Waals surface area contributed by atoms with Crippen LogP contribution in [0, 0.1) is 11.7 Å². The lowest BCUT2D eigenvalue weighted by atomic mass is 10.1. The van der Waals surface area contributed by atoms with Crippen LogP contribution in [0.25, 0.3) is 0 Å². The van der Waals surface area contributed by atoms with Crippen molar-refractivity contribution in [3.05, 3.63) is 16.5 Å². The molecule has 0 aromatic carbocycles. The number of nitrogens with two attached hydrogens (primary N) is 1. The summed E-state index contributed by atoms with van der Waals surface area (Å²) in [6.07, 6.45) is -2.47. The van der Waals surface area contributed by atoms with Crippen LogP contribution in [0.3, 0.4) is 0 Å². The molecule has 0 saturated carbocycles. The van der Waals surface area contributed by atoms with E-state index in [0.717, 1.165) is 0 Å². The minimum atomic E-state index is -1.18.